The predicted molar refractivity (Wildman–Crippen MR) is 93.8 cm³/mol. The molecule has 0 bridgehead atoms. The normalized spacial score (nSPS) is 10.5. The molecule has 0 saturated heterocycles. The molecule has 5 nitrogen and oxygen atoms in total. The molecule has 6 heteroatoms. The molecular weight excluding hydrogens is 395 g/mol. The summed E-state index contributed by atoms with van der Waals surface area (Å²) in [7, 11) is 3.14. The maximum atomic E-state index is 11.9. The lowest BCUT2D eigenvalue weighted by molar-refractivity contribution is 0.0955. The van der Waals surface area contributed by atoms with E-state index in [4.69, 9.17) is 9.47 Å². The summed E-state index contributed by atoms with van der Waals surface area (Å²) in [4.78, 5) is 11.9. The summed E-state index contributed by atoms with van der Waals surface area (Å²) >= 11 is 2.19. The monoisotopic (exact) mass is 410 g/mol. The van der Waals surface area contributed by atoms with E-state index in [9.17, 15) is 4.79 Å². The molecule has 2 aromatic carbocycles. The number of amides is 1. The van der Waals surface area contributed by atoms with E-state index in [-0.39, 0.29) is 5.91 Å². The molecule has 0 aliphatic carbocycles. The van der Waals surface area contributed by atoms with Crippen LogP contribution in [-0.2, 0) is 0 Å². The summed E-state index contributed by atoms with van der Waals surface area (Å²) in [6.45, 7) is 0. The first-order valence-corrected chi connectivity index (χ1v) is 7.53. The van der Waals surface area contributed by atoms with Crippen LogP contribution < -0.4 is 14.9 Å². The highest BCUT2D eigenvalue weighted by Gasteiger charge is 2.04. The van der Waals surface area contributed by atoms with Crippen molar-refractivity contribution < 1.29 is 14.3 Å². The fraction of sp³-hybridized carbons (Fsp3) is 0.125. The smallest absolute Gasteiger partial charge is 0.271 e. The molecule has 0 aromatic heterocycles. The van der Waals surface area contributed by atoms with Crippen LogP contribution in [0.3, 0.4) is 0 Å². The molecule has 0 spiro atoms. The number of hydrogen-bond donors (Lipinski definition) is 1. The zero-order valence-corrected chi connectivity index (χ0v) is 14.3. The van der Waals surface area contributed by atoms with Crippen LogP contribution in [0.2, 0.25) is 0 Å². The zero-order chi connectivity index (χ0) is 15.9. The summed E-state index contributed by atoms with van der Waals surface area (Å²) < 4.78 is 11.4. The number of hydrogen-bond acceptors (Lipinski definition) is 4. The van der Waals surface area contributed by atoms with E-state index in [1.165, 1.54) is 0 Å². The third-order valence-electron chi connectivity index (χ3n) is 2.89. The molecule has 2 rings (SSSR count). The molecule has 0 radical (unpaired) electrons. The second kappa shape index (κ2) is 7.79. The summed E-state index contributed by atoms with van der Waals surface area (Å²) in [5.41, 5.74) is 3.84. The van der Waals surface area contributed by atoms with Gasteiger partial charge < -0.3 is 9.47 Å². The molecule has 0 saturated carbocycles. The third-order valence-corrected chi connectivity index (χ3v) is 3.61. The van der Waals surface area contributed by atoms with Gasteiger partial charge in [-0.1, -0.05) is 0 Å². The summed E-state index contributed by atoms with van der Waals surface area (Å²) in [5, 5.41) is 3.95. The molecule has 1 N–H and O–H groups in total. The van der Waals surface area contributed by atoms with Gasteiger partial charge in [0.25, 0.3) is 5.91 Å². The Kier molecular flexibility index (Phi) is 5.76. The van der Waals surface area contributed by atoms with Crippen LogP contribution in [0.4, 0.5) is 0 Å². The molecule has 0 aliphatic heterocycles. The third kappa shape index (κ3) is 4.20. The van der Waals surface area contributed by atoms with Gasteiger partial charge >= 0.3 is 0 Å². The summed E-state index contributed by atoms with van der Waals surface area (Å²) in [6.07, 6.45) is 1.55. The van der Waals surface area contributed by atoms with E-state index in [1.807, 2.05) is 18.2 Å². The first-order valence-electron chi connectivity index (χ1n) is 6.45. The molecule has 114 valence electrons. The lowest BCUT2D eigenvalue weighted by atomic mass is 10.2. The van der Waals surface area contributed by atoms with Crippen molar-refractivity contribution in [1.29, 1.82) is 0 Å². The van der Waals surface area contributed by atoms with Crippen LogP contribution in [0.1, 0.15) is 15.9 Å². The Morgan fingerprint density at radius 2 is 1.77 bits per heavy atom. The van der Waals surface area contributed by atoms with Crippen molar-refractivity contribution >= 4 is 34.7 Å². The van der Waals surface area contributed by atoms with Crippen molar-refractivity contribution in [3.8, 4) is 11.5 Å². The largest absolute Gasteiger partial charge is 0.493 e. The Labute approximate surface area is 142 Å². The lowest BCUT2D eigenvalue weighted by Gasteiger charge is -2.07. The number of carbonyl (C=O) groups excluding carboxylic acids is 1. The molecule has 0 unspecified atom stereocenters. The van der Waals surface area contributed by atoms with Gasteiger partial charge in [-0.15, -0.1) is 0 Å². The van der Waals surface area contributed by atoms with Gasteiger partial charge in [-0.2, -0.15) is 5.10 Å². The lowest BCUT2D eigenvalue weighted by Crippen LogP contribution is -2.17. The second-order valence-electron chi connectivity index (χ2n) is 4.32. The average molecular weight is 410 g/mol. The number of benzene rings is 2. The number of ether oxygens (including phenoxy) is 2. The topological polar surface area (TPSA) is 59.9 Å². The van der Waals surface area contributed by atoms with E-state index in [0.29, 0.717) is 17.1 Å². The van der Waals surface area contributed by atoms with Crippen LogP contribution in [0.5, 0.6) is 11.5 Å². The molecule has 0 aliphatic rings. The predicted octanol–water partition coefficient (Wildman–Crippen LogP) is 3.07. The number of nitrogens with one attached hydrogen (secondary N) is 1. The van der Waals surface area contributed by atoms with Crippen LogP contribution in [0, 0.1) is 3.57 Å². The van der Waals surface area contributed by atoms with Crippen molar-refractivity contribution in [2.24, 2.45) is 5.10 Å². The van der Waals surface area contributed by atoms with E-state index in [0.717, 1.165) is 9.13 Å². The highest BCUT2D eigenvalue weighted by atomic mass is 127. The number of methoxy groups -OCH3 is 2. The number of rotatable bonds is 5. The van der Waals surface area contributed by atoms with Gasteiger partial charge in [0.1, 0.15) is 0 Å². The van der Waals surface area contributed by atoms with Gasteiger partial charge in [0.15, 0.2) is 11.5 Å². The number of nitrogens with zero attached hydrogens (tertiary/aromatic N) is 1. The van der Waals surface area contributed by atoms with Crippen LogP contribution in [-0.4, -0.2) is 26.3 Å². The van der Waals surface area contributed by atoms with Crippen LogP contribution >= 0.6 is 22.6 Å². The maximum absolute atomic E-state index is 11.9. The Balaban J connectivity index is 2.03. The Bertz CT molecular complexity index is 684. The molecule has 0 atom stereocenters. The van der Waals surface area contributed by atoms with Gasteiger partial charge in [0.05, 0.1) is 20.4 Å². The van der Waals surface area contributed by atoms with E-state index in [2.05, 4.69) is 33.1 Å². The maximum Gasteiger partial charge on any atom is 0.271 e. The van der Waals surface area contributed by atoms with Crippen molar-refractivity contribution in [2.45, 2.75) is 0 Å². The Morgan fingerprint density at radius 3 is 2.41 bits per heavy atom. The fourth-order valence-corrected chi connectivity index (χ4v) is 2.12. The van der Waals surface area contributed by atoms with Gasteiger partial charge in [-0.05, 0) is 70.6 Å². The Hall–Kier alpha value is -2.09. The van der Waals surface area contributed by atoms with Gasteiger partial charge in [-0.25, -0.2) is 5.43 Å². The van der Waals surface area contributed by atoms with Crippen molar-refractivity contribution in [2.75, 3.05) is 14.2 Å². The molecular formula is C16H15IN2O3. The minimum Gasteiger partial charge on any atom is -0.493 e. The van der Waals surface area contributed by atoms with Crippen LogP contribution in [0.25, 0.3) is 0 Å². The van der Waals surface area contributed by atoms with E-state index < -0.39 is 0 Å². The van der Waals surface area contributed by atoms with Gasteiger partial charge in [-0.3, -0.25) is 4.79 Å². The minimum absolute atomic E-state index is 0.256. The van der Waals surface area contributed by atoms with E-state index >= 15 is 0 Å². The molecule has 22 heavy (non-hydrogen) atoms. The first-order chi connectivity index (χ1) is 10.6. The molecule has 0 heterocycles. The number of hydrazone groups is 1. The van der Waals surface area contributed by atoms with Gasteiger partial charge in [0, 0.05) is 9.13 Å². The van der Waals surface area contributed by atoms with Crippen molar-refractivity contribution in [1.82, 2.24) is 5.43 Å². The first kappa shape index (κ1) is 16.3. The highest BCUT2D eigenvalue weighted by molar-refractivity contribution is 14.1. The van der Waals surface area contributed by atoms with Crippen molar-refractivity contribution in [3.05, 3.63) is 57.2 Å². The molecule has 2 aromatic rings. The molecule has 1 amide bonds. The Morgan fingerprint density at radius 1 is 1.09 bits per heavy atom. The van der Waals surface area contributed by atoms with Crippen molar-refractivity contribution in [3.63, 3.8) is 0 Å². The SMILES string of the molecule is COc1ccc(/C=N\NC(=O)c2ccc(I)cc2)cc1OC. The number of halogens is 1. The second-order valence-corrected chi connectivity index (χ2v) is 5.57. The summed E-state index contributed by atoms with van der Waals surface area (Å²) in [5.74, 6) is 0.992. The quantitative estimate of drug-likeness (QED) is 0.468. The molecule has 0 fully saturated rings. The number of carbonyl (C=O) groups is 1. The van der Waals surface area contributed by atoms with Gasteiger partial charge in [0.2, 0.25) is 0 Å². The summed E-state index contributed by atoms with van der Waals surface area (Å²) in [6, 6.07) is 12.6. The minimum atomic E-state index is -0.256. The zero-order valence-electron chi connectivity index (χ0n) is 12.2. The standard InChI is InChI=1S/C16H15IN2O3/c1-21-14-8-3-11(9-15(14)22-2)10-18-19-16(20)12-4-6-13(17)7-5-12/h3-10H,1-2H3,(H,19,20)/b18-10-. The average Bonchev–Trinajstić information content (AvgIpc) is 2.55. The highest BCUT2D eigenvalue weighted by Crippen LogP contribution is 2.26. The van der Waals surface area contributed by atoms with E-state index in [1.54, 1.807) is 44.7 Å². The fourth-order valence-electron chi connectivity index (χ4n) is 1.76. The van der Waals surface area contributed by atoms with Crippen LogP contribution in [0.15, 0.2) is 47.6 Å².